The molecule has 1 saturated heterocycles. The van der Waals surface area contributed by atoms with Crippen LogP contribution in [0.1, 0.15) is 65.7 Å². The molecular weight excluding hydrogens is 354 g/mol. The summed E-state index contributed by atoms with van der Waals surface area (Å²) in [4.78, 5) is 23.7. The minimum atomic E-state index is 0.246. The van der Waals surface area contributed by atoms with Crippen molar-refractivity contribution in [2.45, 2.75) is 71.6 Å². The Hall–Kier alpha value is -1.72. The zero-order chi connectivity index (χ0) is 19.0. The van der Waals surface area contributed by atoms with E-state index in [9.17, 15) is 4.79 Å². The van der Waals surface area contributed by atoms with Gasteiger partial charge in [0.25, 0.3) is 5.91 Å². The minimum absolute atomic E-state index is 0.246. The van der Waals surface area contributed by atoms with E-state index >= 15 is 0 Å². The summed E-state index contributed by atoms with van der Waals surface area (Å²) in [6.45, 7) is 9.31. The molecule has 0 saturated carbocycles. The number of pyridine rings is 1. The van der Waals surface area contributed by atoms with Gasteiger partial charge in [0.1, 0.15) is 0 Å². The maximum atomic E-state index is 13.1. The average Bonchev–Trinajstić information content (AvgIpc) is 3.24. The number of carbonyl (C=O) groups excluding carboxylic acids is 1. The molecule has 0 radical (unpaired) electrons. The van der Waals surface area contributed by atoms with Gasteiger partial charge < -0.3 is 4.90 Å². The van der Waals surface area contributed by atoms with Crippen molar-refractivity contribution in [2.24, 2.45) is 0 Å². The van der Waals surface area contributed by atoms with Gasteiger partial charge in [0, 0.05) is 48.2 Å². The predicted molar refractivity (Wildman–Crippen MR) is 110 cm³/mol. The molecule has 4 nitrogen and oxygen atoms in total. The predicted octanol–water partition coefficient (Wildman–Crippen LogP) is 4.28. The lowest BCUT2D eigenvalue weighted by atomic mass is 10.0. The fraction of sp³-hybridized carbons (Fsp3) is 0.545. The lowest BCUT2D eigenvalue weighted by Crippen LogP contribution is -2.39. The van der Waals surface area contributed by atoms with Crippen LogP contribution in [0.25, 0.3) is 0 Å². The molecule has 0 aromatic carbocycles. The molecular formula is C22H29N3OS. The van der Waals surface area contributed by atoms with Crippen molar-refractivity contribution in [1.29, 1.82) is 0 Å². The molecule has 144 valence electrons. The number of thiophene rings is 1. The third-order valence-electron chi connectivity index (χ3n) is 6.12. The number of aryl methyl sites for hydroxylation is 1. The highest BCUT2D eigenvalue weighted by atomic mass is 32.1. The van der Waals surface area contributed by atoms with E-state index in [4.69, 9.17) is 0 Å². The summed E-state index contributed by atoms with van der Waals surface area (Å²) in [6.07, 6.45) is 6.23. The maximum Gasteiger partial charge on any atom is 0.255 e. The smallest absolute Gasteiger partial charge is 0.255 e. The first-order valence-corrected chi connectivity index (χ1v) is 11.0. The number of likely N-dealkylation sites (tertiary alicyclic amines) is 1. The van der Waals surface area contributed by atoms with Gasteiger partial charge in [-0.25, -0.2) is 0 Å². The topological polar surface area (TPSA) is 36.4 Å². The fourth-order valence-corrected chi connectivity index (χ4v) is 5.53. The Morgan fingerprint density at radius 3 is 2.70 bits per heavy atom. The molecule has 5 heteroatoms. The molecule has 2 aromatic rings. The van der Waals surface area contributed by atoms with Gasteiger partial charge in [0.15, 0.2) is 0 Å². The number of fused-ring (bicyclic) bond motifs is 1. The molecule has 0 unspecified atom stereocenters. The van der Waals surface area contributed by atoms with Crippen LogP contribution in [-0.4, -0.2) is 39.3 Å². The summed E-state index contributed by atoms with van der Waals surface area (Å²) < 4.78 is 0. The second kappa shape index (κ2) is 7.72. The first kappa shape index (κ1) is 18.6. The molecule has 1 fully saturated rings. The van der Waals surface area contributed by atoms with Crippen LogP contribution in [0.15, 0.2) is 23.7 Å². The first-order valence-electron chi connectivity index (χ1n) is 10.1. The van der Waals surface area contributed by atoms with Crippen LogP contribution in [0.5, 0.6) is 0 Å². The molecule has 2 atom stereocenters. The molecule has 4 heterocycles. The highest BCUT2D eigenvalue weighted by molar-refractivity contribution is 7.10. The van der Waals surface area contributed by atoms with Crippen molar-refractivity contribution >= 4 is 17.2 Å². The summed E-state index contributed by atoms with van der Waals surface area (Å²) in [6, 6.07) is 5.05. The Labute approximate surface area is 166 Å². The van der Waals surface area contributed by atoms with Crippen LogP contribution < -0.4 is 0 Å². The Balaban J connectivity index is 1.46. The number of nitrogens with zero attached hydrogens (tertiary/aromatic N) is 3. The van der Waals surface area contributed by atoms with Gasteiger partial charge in [-0.15, -0.1) is 11.3 Å². The second-order valence-electron chi connectivity index (χ2n) is 8.01. The Bertz CT molecular complexity index is 803. The fourth-order valence-electron chi connectivity index (χ4n) is 4.42. The van der Waals surface area contributed by atoms with Gasteiger partial charge in [0.2, 0.25) is 0 Å². The number of aromatic nitrogens is 1. The highest BCUT2D eigenvalue weighted by Crippen LogP contribution is 2.33. The first-order chi connectivity index (χ1) is 13.1. The molecule has 2 aliphatic rings. The quantitative estimate of drug-likeness (QED) is 0.791. The van der Waals surface area contributed by atoms with Crippen LogP contribution in [-0.2, 0) is 25.9 Å². The molecule has 4 rings (SSSR count). The van der Waals surface area contributed by atoms with Gasteiger partial charge in [-0.05, 0) is 56.7 Å². The summed E-state index contributed by atoms with van der Waals surface area (Å²) in [5.41, 5.74) is 4.66. The normalized spacial score (nSPS) is 22.9. The number of hydrogen-bond acceptors (Lipinski definition) is 4. The van der Waals surface area contributed by atoms with E-state index < -0.39 is 0 Å². The molecule has 1 amide bonds. The number of carbonyl (C=O) groups is 1. The van der Waals surface area contributed by atoms with Crippen molar-refractivity contribution in [3.8, 4) is 0 Å². The van der Waals surface area contributed by atoms with E-state index in [0.29, 0.717) is 12.1 Å². The lowest BCUT2D eigenvalue weighted by Gasteiger charge is -2.29. The van der Waals surface area contributed by atoms with Crippen molar-refractivity contribution in [3.63, 3.8) is 0 Å². The van der Waals surface area contributed by atoms with Gasteiger partial charge in [-0.1, -0.05) is 13.0 Å². The van der Waals surface area contributed by atoms with E-state index in [1.54, 1.807) is 11.3 Å². The zero-order valence-corrected chi connectivity index (χ0v) is 17.4. The van der Waals surface area contributed by atoms with Crippen LogP contribution in [0, 0.1) is 0 Å². The van der Waals surface area contributed by atoms with Gasteiger partial charge in [0.05, 0.1) is 11.3 Å². The van der Waals surface area contributed by atoms with Crippen molar-refractivity contribution in [3.05, 3.63) is 51.0 Å². The summed E-state index contributed by atoms with van der Waals surface area (Å²) in [5, 5.41) is 2.10. The number of hydrogen-bond donors (Lipinski definition) is 0. The van der Waals surface area contributed by atoms with E-state index in [1.807, 2.05) is 6.20 Å². The molecule has 2 aromatic heterocycles. The Morgan fingerprint density at radius 1 is 1.26 bits per heavy atom. The highest BCUT2D eigenvalue weighted by Gasteiger charge is 2.34. The van der Waals surface area contributed by atoms with Crippen molar-refractivity contribution < 1.29 is 4.79 Å². The monoisotopic (exact) mass is 383 g/mol. The third-order valence-corrected chi connectivity index (χ3v) is 7.14. The lowest BCUT2D eigenvalue weighted by molar-refractivity contribution is 0.0691. The van der Waals surface area contributed by atoms with Gasteiger partial charge >= 0.3 is 0 Å². The SMILES string of the molecule is CCc1ccc(CN2CCc3c(C(=O)N4[C@H](C)CC[C@@H]4C)csc3C2)nc1. The van der Waals surface area contributed by atoms with Gasteiger partial charge in [-0.3, -0.25) is 14.7 Å². The minimum Gasteiger partial charge on any atom is -0.333 e. The maximum absolute atomic E-state index is 13.1. The van der Waals surface area contributed by atoms with E-state index in [0.717, 1.165) is 56.6 Å². The molecule has 0 aliphatic carbocycles. The summed E-state index contributed by atoms with van der Waals surface area (Å²) in [5.74, 6) is 0.246. The average molecular weight is 384 g/mol. The molecule has 27 heavy (non-hydrogen) atoms. The van der Waals surface area contributed by atoms with E-state index in [1.165, 1.54) is 16.0 Å². The second-order valence-corrected chi connectivity index (χ2v) is 8.98. The zero-order valence-electron chi connectivity index (χ0n) is 16.6. The summed E-state index contributed by atoms with van der Waals surface area (Å²) in [7, 11) is 0. The number of amides is 1. The molecule has 0 N–H and O–H groups in total. The molecule has 2 aliphatic heterocycles. The van der Waals surface area contributed by atoms with Crippen LogP contribution in [0.4, 0.5) is 0 Å². The van der Waals surface area contributed by atoms with E-state index in [2.05, 4.69) is 53.1 Å². The summed E-state index contributed by atoms with van der Waals surface area (Å²) >= 11 is 1.75. The van der Waals surface area contributed by atoms with Crippen LogP contribution in [0.3, 0.4) is 0 Å². The largest absolute Gasteiger partial charge is 0.333 e. The van der Waals surface area contributed by atoms with E-state index in [-0.39, 0.29) is 5.91 Å². The van der Waals surface area contributed by atoms with Gasteiger partial charge in [-0.2, -0.15) is 0 Å². The van der Waals surface area contributed by atoms with Crippen LogP contribution >= 0.6 is 11.3 Å². The standard InChI is InChI=1S/C22H29N3OS/c1-4-17-7-8-18(23-11-17)12-24-10-9-19-20(14-27-21(19)13-24)22(26)25-15(2)5-6-16(25)3/h7-8,11,14-16H,4-6,9-10,12-13H2,1-3H3/t15-,16+. The number of rotatable bonds is 4. The molecule has 0 bridgehead atoms. The Kier molecular flexibility index (Phi) is 5.33. The van der Waals surface area contributed by atoms with Crippen LogP contribution in [0.2, 0.25) is 0 Å². The van der Waals surface area contributed by atoms with Crippen molar-refractivity contribution in [1.82, 2.24) is 14.8 Å². The molecule has 0 spiro atoms. The third kappa shape index (κ3) is 3.67. The van der Waals surface area contributed by atoms with Crippen molar-refractivity contribution in [2.75, 3.05) is 6.54 Å². The Morgan fingerprint density at radius 2 is 2.04 bits per heavy atom.